The van der Waals surface area contributed by atoms with Crippen LogP contribution in [0, 0.1) is 10.1 Å². The summed E-state index contributed by atoms with van der Waals surface area (Å²) in [5.41, 5.74) is -0.699. The molecule has 0 bridgehead atoms. The lowest BCUT2D eigenvalue weighted by Gasteiger charge is -2.15. The molecule has 0 radical (unpaired) electrons. The first-order chi connectivity index (χ1) is 22.9. The number of nitro benzene ring substituents is 1. The topological polar surface area (TPSA) is 209 Å². The van der Waals surface area contributed by atoms with Crippen LogP contribution in [-0.2, 0) is 28.9 Å². The number of nitrogens with one attached hydrogen (secondary N) is 1. The number of anilines is 1. The molecule has 1 N–H and O–H groups in total. The Balaban J connectivity index is 1.65. The van der Waals surface area contributed by atoms with E-state index in [4.69, 9.17) is 27.0 Å². The first-order valence-electron chi connectivity index (χ1n) is 13.5. The molecule has 0 saturated carbocycles. The molecular weight excluding hydrogens is 743 g/mol. The summed E-state index contributed by atoms with van der Waals surface area (Å²) >= 11 is 5.92. The summed E-state index contributed by atoms with van der Waals surface area (Å²) in [7, 11) is -7.39. The van der Waals surface area contributed by atoms with Gasteiger partial charge in [-0.25, -0.2) is 30.0 Å². The number of benzene rings is 5. The van der Waals surface area contributed by atoms with Crippen LogP contribution in [0.1, 0.15) is 10.4 Å². The highest BCUT2D eigenvalue weighted by Crippen LogP contribution is 2.40. The third-order valence-corrected chi connectivity index (χ3v) is 10.8. The van der Waals surface area contributed by atoms with E-state index in [-0.39, 0.29) is 39.1 Å². The lowest BCUT2D eigenvalue weighted by molar-refractivity contribution is -0.387. The van der Waals surface area contributed by atoms with Crippen molar-refractivity contribution in [3.05, 3.63) is 118 Å². The molecule has 0 fully saturated rings. The number of hydrogen-bond donors (Lipinski definition) is 1. The fourth-order valence-corrected chi connectivity index (χ4v) is 7.46. The molecule has 0 aliphatic rings. The van der Waals surface area contributed by atoms with Crippen LogP contribution in [-0.4, -0.2) is 42.4 Å². The number of carbonyl (C=O) groups excluding carboxylic acids is 1. The molecule has 252 valence electrons. The van der Waals surface area contributed by atoms with E-state index in [0.717, 1.165) is 36.6 Å². The molecule has 5 rings (SSSR count). The van der Waals surface area contributed by atoms with Gasteiger partial charge in [0.2, 0.25) is 0 Å². The van der Waals surface area contributed by atoms with Gasteiger partial charge in [0.25, 0.3) is 24.8 Å². The van der Waals surface area contributed by atoms with Crippen LogP contribution >= 0.6 is 22.3 Å². The minimum absolute atomic E-state index is 0.00376. The number of hydrogen-bond acceptors (Lipinski definition) is 12. The maximum absolute atomic E-state index is 13.5. The summed E-state index contributed by atoms with van der Waals surface area (Å²) in [5.74, 6) is -0.781. The predicted molar refractivity (Wildman–Crippen MR) is 181 cm³/mol. The molecule has 0 heterocycles. The maximum Gasteiger partial charge on any atom is 0.343 e. The monoisotopic (exact) mass is 762 g/mol. The lowest BCUT2D eigenvalue weighted by atomic mass is 10.1. The number of halogens is 2. The van der Waals surface area contributed by atoms with Gasteiger partial charge in [0.15, 0.2) is 9.84 Å². The second-order valence-electron chi connectivity index (χ2n) is 10.1. The van der Waals surface area contributed by atoms with Crippen LogP contribution < -0.4 is 9.46 Å². The molecule has 0 amide bonds. The molecule has 0 aliphatic heterocycles. The van der Waals surface area contributed by atoms with Gasteiger partial charge in [-0.1, -0.05) is 29.8 Å². The number of ether oxygens (including phenoxy) is 1. The Labute approximate surface area is 288 Å². The number of rotatable bonds is 10. The fourth-order valence-electron chi connectivity index (χ4n) is 4.48. The molecule has 0 aromatic heterocycles. The summed E-state index contributed by atoms with van der Waals surface area (Å²) in [6.45, 7) is 0. The molecule has 14 nitrogen and oxygen atoms in total. The van der Waals surface area contributed by atoms with Crippen molar-refractivity contribution >= 4 is 90.7 Å². The van der Waals surface area contributed by atoms with Gasteiger partial charge in [-0.3, -0.25) is 14.8 Å². The van der Waals surface area contributed by atoms with Gasteiger partial charge in [0.1, 0.15) is 10.6 Å². The smallest absolute Gasteiger partial charge is 0.343 e. The Bertz CT molecular complexity index is 2530. The third-order valence-electron chi connectivity index (χ3n) is 6.72. The molecular formula is C30H20Cl2N4O10S3. The first-order valence-corrected chi connectivity index (χ1v) is 19.5. The van der Waals surface area contributed by atoms with E-state index in [9.17, 15) is 40.2 Å². The lowest BCUT2D eigenvalue weighted by Crippen LogP contribution is -2.14. The van der Waals surface area contributed by atoms with Gasteiger partial charge in [-0.2, -0.15) is 5.11 Å². The minimum Gasteiger partial charge on any atom is -0.422 e. The van der Waals surface area contributed by atoms with Crippen molar-refractivity contribution in [3.8, 4) is 5.75 Å². The predicted octanol–water partition coefficient (Wildman–Crippen LogP) is 7.17. The number of carbonyl (C=O) groups is 1. The van der Waals surface area contributed by atoms with E-state index in [2.05, 4.69) is 15.0 Å². The van der Waals surface area contributed by atoms with Gasteiger partial charge in [0, 0.05) is 38.8 Å². The molecule has 5 aromatic carbocycles. The van der Waals surface area contributed by atoms with Crippen molar-refractivity contribution in [2.75, 3.05) is 11.0 Å². The summed E-state index contributed by atoms with van der Waals surface area (Å²) in [4.78, 5) is 22.0. The second kappa shape index (κ2) is 13.5. The number of esters is 1. The molecule has 0 atom stereocenters. The zero-order valence-corrected chi connectivity index (χ0v) is 28.6. The van der Waals surface area contributed by atoms with Gasteiger partial charge in [-0.05, 0) is 72.8 Å². The average molecular weight is 764 g/mol. The fraction of sp³-hybridized carbons (Fsp3) is 0.0333. The highest BCUT2D eigenvalue weighted by molar-refractivity contribution is 8.13. The molecule has 5 aromatic rings. The zero-order valence-electron chi connectivity index (χ0n) is 24.6. The Morgan fingerprint density at radius 3 is 2.16 bits per heavy atom. The average Bonchev–Trinajstić information content (AvgIpc) is 3.03. The van der Waals surface area contributed by atoms with Crippen molar-refractivity contribution < 1.29 is 39.7 Å². The van der Waals surface area contributed by atoms with E-state index in [1.54, 1.807) is 0 Å². The third kappa shape index (κ3) is 8.03. The van der Waals surface area contributed by atoms with Crippen molar-refractivity contribution in [2.24, 2.45) is 10.2 Å². The summed E-state index contributed by atoms with van der Waals surface area (Å²) in [6, 6.07) is 20.3. The van der Waals surface area contributed by atoms with E-state index in [0.29, 0.717) is 5.02 Å². The van der Waals surface area contributed by atoms with E-state index in [1.807, 2.05) is 0 Å². The van der Waals surface area contributed by atoms with Crippen molar-refractivity contribution in [1.29, 1.82) is 0 Å². The number of fused-ring (bicyclic) bond motifs is 1. The Kier molecular flexibility index (Phi) is 9.76. The number of sulfonamides is 1. The van der Waals surface area contributed by atoms with E-state index >= 15 is 0 Å². The molecule has 0 aliphatic carbocycles. The number of sulfone groups is 1. The SMILES string of the molecule is CS(=O)(=O)c1cc(N=Nc2ccc(OC(=O)c3ccc(Cl)cc3)c3cccc(NS(=O)(=O)c4cccc(S(=O)(=O)Cl)c4)c23)ccc1[N+](=O)[O-]. The van der Waals surface area contributed by atoms with Crippen molar-refractivity contribution in [1.82, 2.24) is 0 Å². The summed E-state index contributed by atoms with van der Waals surface area (Å²) in [5, 5.41) is 20.2. The van der Waals surface area contributed by atoms with Gasteiger partial charge >= 0.3 is 5.97 Å². The maximum atomic E-state index is 13.5. The first kappa shape index (κ1) is 35.4. The van der Waals surface area contributed by atoms with Crippen molar-refractivity contribution in [2.45, 2.75) is 14.7 Å². The molecule has 19 heteroatoms. The normalized spacial score (nSPS) is 12.2. The zero-order chi connectivity index (χ0) is 35.7. The number of azo groups is 1. The summed E-state index contributed by atoms with van der Waals surface area (Å²) in [6.07, 6.45) is 0.796. The largest absolute Gasteiger partial charge is 0.422 e. The van der Waals surface area contributed by atoms with Gasteiger partial charge in [0.05, 0.1) is 37.3 Å². The Morgan fingerprint density at radius 2 is 1.51 bits per heavy atom. The molecule has 49 heavy (non-hydrogen) atoms. The highest BCUT2D eigenvalue weighted by atomic mass is 35.7. The van der Waals surface area contributed by atoms with Crippen LogP contribution in [0.5, 0.6) is 5.75 Å². The van der Waals surface area contributed by atoms with Crippen LogP contribution in [0.25, 0.3) is 10.8 Å². The van der Waals surface area contributed by atoms with E-state index < -0.39 is 60.2 Å². The van der Waals surface area contributed by atoms with Crippen molar-refractivity contribution in [3.63, 3.8) is 0 Å². The van der Waals surface area contributed by atoms with Crippen LogP contribution in [0.3, 0.4) is 0 Å². The van der Waals surface area contributed by atoms with Gasteiger partial charge in [-0.15, -0.1) is 5.11 Å². The number of nitro groups is 1. The highest BCUT2D eigenvalue weighted by Gasteiger charge is 2.24. The molecule has 0 spiro atoms. The molecule has 0 saturated heterocycles. The second-order valence-corrected chi connectivity index (χ2v) is 16.8. The van der Waals surface area contributed by atoms with Gasteiger partial charge < -0.3 is 4.74 Å². The minimum atomic E-state index is -4.49. The molecule has 0 unspecified atom stereocenters. The standard InChI is InChI=1S/C30H20Cl2N4O10S3/c1-47(40,41)28-16-20(12-14-26(28)36(38)39)33-34-24-13-15-27(46-30(37)18-8-10-19(31)11-9-18)23-6-3-7-25(29(23)24)35-49(44,45)22-5-2-4-21(17-22)48(32,42)43/h2-17,35H,1H3. The quantitative estimate of drug-likeness (QED) is 0.0379. The van der Waals surface area contributed by atoms with Crippen LogP contribution in [0.4, 0.5) is 22.7 Å². The van der Waals surface area contributed by atoms with Crippen LogP contribution in [0.2, 0.25) is 5.02 Å². The van der Waals surface area contributed by atoms with E-state index in [1.165, 1.54) is 66.7 Å². The Hall–Kier alpha value is -4.94. The van der Waals surface area contributed by atoms with Crippen LogP contribution in [0.15, 0.2) is 122 Å². The summed E-state index contributed by atoms with van der Waals surface area (Å²) < 4.78 is 83.2. The Morgan fingerprint density at radius 1 is 0.837 bits per heavy atom. The number of nitrogens with zero attached hydrogens (tertiary/aromatic N) is 3.